The minimum Gasteiger partial charge on any atom is -0.509 e. The Morgan fingerprint density at radius 1 is 0.458 bits per heavy atom. The smallest absolute Gasteiger partial charge is 0.135 e. The average Bonchev–Trinajstić information content (AvgIpc) is 2.87. The third-order valence-corrected chi connectivity index (χ3v) is 16.3. The van der Waals surface area contributed by atoms with Gasteiger partial charge in [0, 0.05) is 83.2 Å². The van der Waals surface area contributed by atoms with E-state index in [4.69, 9.17) is 14.1 Å². The molecule has 0 bridgehead atoms. The van der Waals surface area contributed by atoms with E-state index in [2.05, 4.69) is 274 Å². The van der Waals surface area contributed by atoms with E-state index in [-0.39, 0.29) is 42.7 Å². The summed E-state index contributed by atoms with van der Waals surface area (Å²) >= 11 is 0. The maximum Gasteiger partial charge on any atom is 0.135 e. The van der Waals surface area contributed by atoms with Gasteiger partial charge in [-0.05, 0) is 120 Å². The first-order valence-corrected chi connectivity index (χ1v) is 28.7. The molecule has 0 radical (unpaired) electrons. The van der Waals surface area contributed by atoms with Crippen molar-refractivity contribution in [1.82, 2.24) is 9.55 Å². The van der Waals surface area contributed by atoms with Crippen molar-refractivity contribution in [2.45, 2.75) is 105 Å². The van der Waals surface area contributed by atoms with Gasteiger partial charge >= 0.3 is 0 Å². The summed E-state index contributed by atoms with van der Waals surface area (Å²) in [6.45, 7) is 29.7. The monoisotopic (exact) mass is 1260 g/mol. The van der Waals surface area contributed by atoms with Crippen molar-refractivity contribution in [1.29, 1.82) is 0 Å². The average molecular weight is 1270 g/mol. The van der Waals surface area contributed by atoms with Gasteiger partial charge in [0.2, 0.25) is 0 Å². The molecular weight excluding hydrogens is 1200 g/mol. The number of hydrogen-bond acceptors (Lipinski definition) is 5. The normalized spacial score (nSPS) is 13.1. The van der Waals surface area contributed by atoms with Crippen LogP contribution in [0, 0.1) is 18.8 Å². The minimum atomic E-state index is -0.106. The van der Waals surface area contributed by atoms with Crippen LogP contribution in [-0.4, -0.2) is 9.55 Å². The fourth-order valence-electron chi connectivity index (χ4n) is 11.7. The molecule has 418 valence electrons. The van der Waals surface area contributed by atoms with Crippen molar-refractivity contribution < 1.29 is 30.2 Å². The molecule has 0 unspecified atom stereocenters. The van der Waals surface area contributed by atoms with Gasteiger partial charge in [-0.15, -0.1) is 42.7 Å². The van der Waals surface area contributed by atoms with E-state index in [9.17, 15) is 0 Å². The van der Waals surface area contributed by atoms with E-state index >= 15 is 0 Å². The van der Waals surface area contributed by atoms with E-state index in [1.165, 1.54) is 38.9 Å². The second-order valence-corrected chi connectivity index (χ2v) is 26.3. The maximum atomic E-state index is 6.88. The zero-order valence-electron chi connectivity index (χ0n) is 49.5. The number of hydrogen-bond donors (Lipinski definition) is 0. The van der Waals surface area contributed by atoms with Gasteiger partial charge in [0.1, 0.15) is 17.0 Å². The van der Waals surface area contributed by atoms with Crippen molar-refractivity contribution in [3.05, 3.63) is 235 Å². The maximum absolute atomic E-state index is 6.88. The molecule has 0 amide bonds. The van der Waals surface area contributed by atoms with Gasteiger partial charge in [-0.2, -0.15) is 12.1 Å². The van der Waals surface area contributed by atoms with E-state index in [1.54, 1.807) is 0 Å². The number of fused-ring (bicyclic) bond motifs is 8. The predicted molar refractivity (Wildman–Crippen MR) is 343 cm³/mol. The van der Waals surface area contributed by atoms with Crippen molar-refractivity contribution in [2.75, 3.05) is 9.80 Å². The van der Waals surface area contributed by atoms with Crippen LogP contribution >= 0.6 is 0 Å². The first-order chi connectivity index (χ1) is 39.2. The summed E-state index contributed by atoms with van der Waals surface area (Å²) < 4.78 is 15.8. The van der Waals surface area contributed by atoms with Crippen LogP contribution < -0.4 is 14.5 Å². The Morgan fingerprint density at radius 3 is 1.72 bits per heavy atom. The van der Waals surface area contributed by atoms with Gasteiger partial charge in [-0.1, -0.05) is 203 Å². The molecule has 83 heavy (non-hydrogen) atoms. The summed E-state index contributed by atoms with van der Waals surface area (Å²) in [6.07, 6.45) is 1.90. The van der Waals surface area contributed by atoms with Crippen LogP contribution in [-0.2, 0) is 42.7 Å². The number of ether oxygens (including phenoxy) is 1. The SMILES string of the molecule is CC(C)(C)c1cc(-c2ccccc2)cc(-c2cccc(-c3cc(C(C)(C)C)cc(C(C)(C)C)c3)c2N2[CH-]N(c3[c-]c(Oc4[c-]c5c(cc4)c4c6oc7ccccc7c6ccc4n5-c4cc(C(C)(C)C)ccn4)ccc3)c3ccccc32)c1.[Pt]. The molecule has 3 aromatic heterocycles. The van der Waals surface area contributed by atoms with E-state index < -0.39 is 0 Å². The molecule has 9 aromatic carbocycles. The number of rotatable bonds is 8. The molecule has 0 aliphatic carbocycles. The zero-order valence-corrected chi connectivity index (χ0v) is 51.7. The number of furan rings is 1. The molecule has 1 aliphatic heterocycles. The second kappa shape index (κ2) is 20.6. The van der Waals surface area contributed by atoms with Crippen molar-refractivity contribution in [2.24, 2.45) is 0 Å². The molecule has 6 nitrogen and oxygen atoms in total. The first-order valence-electron chi connectivity index (χ1n) is 28.7. The van der Waals surface area contributed by atoms with Gasteiger partial charge in [-0.3, -0.25) is 0 Å². The first kappa shape index (κ1) is 55.4. The number of anilines is 4. The summed E-state index contributed by atoms with van der Waals surface area (Å²) in [6, 6.07) is 75.3. The minimum absolute atomic E-state index is 0. The van der Waals surface area contributed by atoms with Crippen molar-refractivity contribution in [3.63, 3.8) is 0 Å². The Bertz CT molecular complexity index is 4430. The molecule has 1 aliphatic rings. The van der Waals surface area contributed by atoms with Gasteiger partial charge in [0.25, 0.3) is 0 Å². The van der Waals surface area contributed by atoms with Crippen LogP contribution in [0.15, 0.2) is 199 Å². The van der Waals surface area contributed by atoms with Gasteiger partial charge < -0.3 is 23.5 Å². The third kappa shape index (κ3) is 10.1. The fourth-order valence-corrected chi connectivity index (χ4v) is 11.7. The Hall–Kier alpha value is -8.18. The van der Waals surface area contributed by atoms with Crippen molar-refractivity contribution in [3.8, 4) is 50.7 Å². The Morgan fingerprint density at radius 2 is 1.04 bits per heavy atom. The van der Waals surface area contributed by atoms with Crippen LogP contribution in [0.3, 0.4) is 0 Å². The van der Waals surface area contributed by atoms with Crippen LogP contribution in [0.1, 0.15) is 105 Å². The van der Waals surface area contributed by atoms with Crippen LogP contribution in [0.4, 0.5) is 22.7 Å². The molecule has 13 rings (SSSR count). The van der Waals surface area contributed by atoms with Crippen LogP contribution in [0.5, 0.6) is 11.5 Å². The molecule has 7 heteroatoms. The zero-order chi connectivity index (χ0) is 57.0. The van der Waals surface area contributed by atoms with E-state index in [0.29, 0.717) is 11.5 Å². The molecule has 12 aromatic rings. The summed E-state index contributed by atoms with van der Waals surface area (Å²) in [5.74, 6) is 1.93. The molecule has 0 saturated carbocycles. The van der Waals surface area contributed by atoms with Gasteiger partial charge in [0.05, 0.1) is 0 Å². The third-order valence-electron chi connectivity index (χ3n) is 16.3. The Labute approximate surface area is 503 Å². The number of nitrogens with zero attached hydrogens (tertiary/aromatic N) is 4. The molecular formula is C76H69N4O2Pt-3. The molecule has 0 spiro atoms. The molecule has 0 saturated heterocycles. The summed E-state index contributed by atoms with van der Waals surface area (Å²) in [7, 11) is 0. The van der Waals surface area contributed by atoms with E-state index in [1.807, 2.05) is 36.5 Å². The molecule has 0 fully saturated rings. The number of aromatic nitrogens is 2. The fraction of sp³-hybridized carbons (Fsp3) is 0.211. The second-order valence-electron chi connectivity index (χ2n) is 26.3. The predicted octanol–water partition coefficient (Wildman–Crippen LogP) is 21.1. The number of para-hydroxylation sites is 4. The van der Waals surface area contributed by atoms with Crippen molar-refractivity contribution >= 4 is 66.5 Å². The number of benzene rings is 9. The Balaban J connectivity index is 0.00000680. The topological polar surface area (TPSA) is 46.7 Å². The quantitative estimate of drug-likeness (QED) is 0.142. The van der Waals surface area contributed by atoms with Gasteiger partial charge in [0.15, 0.2) is 0 Å². The summed E-state index contributed by atoms with van der Waals surface area (Å²) in [5.41, 5.74) is 19.3. The molecule has 0 N–H and O–H groups in total. The summed E-state index contributed by atoms with van der Waals surface area (Å²) in [4.78, 5) is 9.63. The molecule has 4 heterocycles. The number of pyridine rings is 1. The largest absolute Gasteiger partial charge is 0.509 e. The standard InChI is InChI=1S/C76H69N4O2.Pt/c1-73(2,3)52-36-37-77-69(44-52)80-66-35-34-62-61-26-16-19-31-68(61)82-72(62)70(66)63-33-32-58(46-67(63)80)81-57-25-20-24-56(45-57)78-47-79(65-30-18-17-29-64(65)78)71-59(50-38-49(48-22-14-13-15-23-48)39-53(40-50)74(4,5)6)27-21-28-60(71)51-41-54(75(7,8)9)43-55(42-51)76(10,11)12;/h13-44,47H,1-12H3;/q-3;. The summed E-state index contributed by atoms with van der Waals surface area (Å²) in [5, 5.41) is 4.16. The van der Waals surface area contributed by atoms with Crippen LogP contribution in [0.2, 0.25) is 0 Å². The molecule has 0 atom stereocenters. The Kier molecular flexibility index (Phi) is 13.7. The van der Waals surface area contributed by atoms with E-state index in [0.717, 1.165) is 89.0 Å². The van der Waals surface area contributed by atoms with Gasteiger partial charge in [-0.25, -0.2) is 4.98 Å². The van der Waals surface area contributed by atoms with Crippen LogP contribution in [0.25, 0.3) is 82.9 Å².